The molecular weight excluding hydrogens is 380 g/mol. The number of aryl methyl sites for hydroxylation is 2. The van der Waals surface area contributed by atoms with Gasteiger partial charge < -0.3 is 13.6 Å². The van der Waals surface area contributed by atoms with Gasteiger partial charge in [-0.25, -0.2) is 4.79 Å². The van der Waals surface area contributed by atoms with Gasteiger partial charge in [0.15, 0.2) is 16.6 Å². The van der Waals surface area contributed by atoms with Crippen LogP contribution in [0.2, 0.25) is 0 Å². The Morgan fingerprint density at radius 1 is 0.967 bits per heavy atom. The summed E-state index contributed by atoms with van der Waals surface area (Å²) in [6.07, 6.45) is 9.15. The maximum absolute atomic E-state index is 13.1. The SMILES string of the molecule is CCCCCc1cc(=O)c2c(o1)c1c(c3c(CCC)[c]c(=O)oc32)OC(C)(C)C=C1. The maximum atomic E-state index is 13.1. The molecule has 0 atom stereocenters. The molecule has 2 aromatic heterocycles. The number of hydrogen-bond donors (Lipinski definition) is 0. The van der Waals surface area contributed by atoms with Crippen LogP contribution >= 0.6 is 0 Å². The van der Waals surface area contributed by atoms with E-state index in [-0.39, 0.29) is 11.0 Å². The lowest BCUT2D eigenvalue weighted by atomic mass is 9.94. The molecule has 1 radical (unpaired) electrons. The summed E-state index contributed by atoms with van der Waals surface area (Å²) < 4.78 is 18.1. The molecule has 0 fully saturated rings. The van der Waals surface area contributed by atoms with Crippen molar-refractivity contribution in [3.63, 3.8) is 0 Å². The molecule has 0 amide bonds. The summed E-state index contributed by atoms with van der Waals surface area (Å²) in [5.74, 6) is 1.22. The van der Waals surface area contributed by atoms with Crippen LogP contribution in [0.5, 0.6) is 5.75 Å². The Morgan fingerprint density at radius 2 is 1.77 bits per heavy atom. The first kappa shape index (κ1) is 20.5. The van der Waals surface area contributed by atoms with Gasteiger partial charge in [0.25, 0.3) is 0 Å². The van der Waals surface area contributed by atoms with Gasteiger partial charge in [0, 0.05) is 12.5 Å². The standard InChI is InChI=1S/C25H27O5/c1-5-7-8-10-16-14-18(26)21-22(28-16)17-11-12-25(3,4)30-23(17)20-15(9-6-2)13-19(27)29-24(20)21/h11-12,14H,5-10H2,1-4H3. The summed E-state index contributed by atoms with van der Waals surface area (Å²) >= 11 is 0. The Kier molecular flexibility index (Phi) is 5.31. The van der Waals surface area contributed by atoms with Crippen molar-refractivity contribution in [3.8, 4) is 5.75 Å². The molecule has 5 nitrogen and oxygen atoms in total. The third-order valence-electron chi connectivity index (χ3n) is 5.46. The monoisotopic (exact) mass is 407 g/mol. The first-order valence-corrected chi connectivity index (χ1v) is 10.7. The average molecular weight is 407 g/mol. The predicted octanol–water partition coefficient (Wildman–Crippen LogP) is 5.57. The molecule has 157 valence electrons. The van der Waals surface area contributed by atoms with Crippen LogP contribution in [-0.4, -0.2) is 5.60 Å². The minimum Gasteiger partial charge on any atom is -0.482 e. The molecule has 0 saturated heterocycles. The first-order chi connectivity index (χ1) is 14.3. The molecule has 0 unspecified atom stereocenters. The molecule has 0 saturated carbocycles. The van der Waals surface area contributed by atoms with E-state index in [1.165, 1.54) is 6.07 Å². The fourth-order valence-electron chi connectivity index (χ4n) is 4.04. The molecule has 3 aromatic rings. The van der Waals surface area contributed by atoms with Gasteiger partial charge >= 0.3 is 5.63 Å². The lowest BCUT2D eigenvalue weighted by Crippen LogP contribution is -2.28. The van der Waals surface area contributed by atoms with Crippen LogP contribution in [0.15, 0.2) is 30.6 Å². The summed E-state index contributed by atoms with van der Waals surface area (Å²) in [6.45, 7) is 8.09. The average Bonchev–Trinajstić information content (AvgIpc) is 2.67. The highest BCUT2D eigenvalue weighted by Gasteiger charge is 2.30. The third kappa shape index (κ3) is 3.57. The largest absolute Gasteiger partial charge is 0.482 e. The number of hydrogen-bond acceptors (Lipinski definition) is 5. The fourth-order valence-corrected chi connectivity index (χ4v) is 4.04. The van der Waals surface area contributed by atoms with E-state index in [2.05, 4.69) is 13.0 Å². The van der Waals surface area contributed by atoms with Crippen LogP contribution in [-0.2, 0) is 12.8 Å². The second-order valence-corrected chi connectivity index (χ2v) is 8.47. The van der Waals surface area contributed by atoms with E-state index in [1.807, 2.05) is 32.9 Å². The zero-order chi connectivity index (χ0) is 21.5. The highest BCUT2D eigenvalue weighted by atomic mass is 16.5. The third-order valence-corrected chi connectivity index (χ3v) is 5.46. The summed E-state index contributed by atoms with van der Waals surface area (Å²) in [7, 11) is 0. The number of fused-ring (bicyclic) bond motifs is 6. The molecule has 1 aromatic carbocycles. The van der Waals surface area contributed by atoms with Crippen molar-refractivity contribution >= 4 is 28.0 Å². The number of benzene rings is 1. The smallest absolute Gasteiger partial charge is 0.344 e. The normalized spacial score (nSPS) is 14.8. The van der Waals surface area contributed by atoms with E-state index in [9.17, 15) is 9.59 Å². The molecule has 5 heteroatoms. The van der Waals surface area contributed by atoms with Crippen molar-refractivity contribution in [1.29, 1.82) is 0 Å². The highest BCUT2D eigenvalue weighted by Crippen LogP contribution is 2.43. The Morgan fingerprint density at radius 3 is 2.50 bits per heavy atom. The lowest BCUT2D eigenvalue weighted by Gasteiger charge is -2.29. The van der Waals surface area contributed by atoms with Crippen molar-refractivity contribution < 1.29 is 13.6 Å². The van der Waals surface area contributed by atoms with Gasteiger partial charge in [-0.3, -0.25) is 4.79 Å². The number of rotatable bonds is 6. The summed E-state index contributed by atoms with van der Waals surface area (Å²) in [5, 5.41) is 0.932. The summed E-state index contributed by atoms with van der Waals surface area (Å²) in [5.41, 5.74) is 0.739. The topological polar surface area (TPSA) is 69.7 Å². The van der Waals surface area contributed by atoms with E-state index in [4.69, 9.17) is 13.6 Å². The van der Waals surface area contributed by atoms with Gasteiger partial charge in [0.05, 0.1) is 17.0 Å². The van der Waals surface area contributed by atoms with Gasteiger partial charge in [-0.1, -0.05) is 33.1 Å². The van der Waals surface area contributed by atoms with Crippen LogP contribution < -0.4 is 15.8 Å². The molecule has 1 aliphatic rings. The number of ether oxygens (including phenoxy) is 1. The molecular formula is C25H27O5. The Bertz CT molecular complexity index is 1260. The quantitative estimate of drug-likeness (QED) is 0.304. The van der Waals surface area contributed by atoms with Crippen LogP contribution in [0, 0.1) is 6.07 Å². The molecule has 30 heavy (non-hydrogen) atoms. The zero-order valence-corrected chi connectivity index (χ0v) is 18.0. The van der Waals surface area contributed by atoms with Crippen molar-refractivity contribution in [2.24, 2.45) is 0 Å². The second kappa shape index (κ2) is 7.78. The molecule has 4 rings (SSSR count). The first-order valence-electron chi connectivity index (χ1n) is 10.7. The van der Waals surface area contributed by atoms with Crippen LogP contribution in [0.25, 0.3) is 28.0 Å². The molecule has 0 spiro atoms. The van der Waals surface area contributed by atoms with Crippen molar-refractivity contribution in [2.45, 2.75) is 71.8 Å². The van der Waals surface area contributed by atoms with E-state index in [0.717, 1.165) is 25.7 Å². The van der Waals surface area contributed by atoms with Gasteiger partial charge in [0.2, 0.25) is 0 Å². The summed E-state index contributed by atoms with van der Waals surface area (Å²) in [4.78, 5) is 25.4. The fraction of sp³-hybridized carbons (Fsp3) is 0.440. The van der Waals surface area contributed by atoms with Crippen molar-refractivity contribution in [1.82, 2.24) is 0 Å². The zero-order valence-electron chi connectivity index (χ0n) is 18.0. The van der Waals surface area contributed by atoms with Crippen LogP contribution in [0.4, 0.5) is 0 Å². The van der Waals surface area contributed by atoms with Crippen molar-refractivity contribution in [2.75, 3.05) is 0 Å². The van der Waals surface area contributed by atoms with Crippen LogP contribution in [0.1, 0.15) is 70.3 Å². The second-order valence-electron chi connectivity index (χ2n) is 8.47. The van der Waals surface area contributed by atoms with Crippen LogP contribution in [0.3, 0.4) is 0 Å². The van der Waals surface area contributed by atoms with E-state index in [1.54, 1.807) is 0 Å². The van der Waals surface area contributed by atoms with Crippen molar-refractivity contribution in [3.05, 3.63) is 55.7 Å². The van der Waals surface area contributed by atoms with E-state index >= 15 is 0 Å². The van der Waals surface area contributed by atoms with Gasteiger partial charge in [-0.15, -0.1) is 0 Å². The predicted molar refractivity (Wildman–Crippen MR) is 118 cm³/mol. The van der Waals surface area contributed by atoms with Gasteiger partial charge in [0.1, 0.15) is 22.5 Å². The van der Waals surface area contributed by atoms with Gasteiger partial charge in [-0.2, -0.15) is 0 Å². The van der Waals surface area contributed by atoms with E-state index < -0.39 is 11.2 Å². The number of unbranched alkanes of at least 4 members (excludes halogenated alkanes) is 2. The Labute approximate surface area is 175 Å². The lowest BCUT2D eigenvalue weighted by molar-refractivity contribution is 0.161. The molecule has 3 heterocycles. The summed E-state index contributed by atoms with van der Waals surface area (Å²) in [6, 6.07) is 4.32. The molecule has 1 aliphatic heterocycles. The Balaban J connectivity index is 2.11. The molecule has 0 aliphatic carbocycles. The maximum Gasteiger partial charge on any atom is 0.344 e. The molecule has 0 N–H and O–H groups in total. The minimum atomic E-state index is -0.593. The minimum absolute atomic E-state index is 0.203. The van der Waals surface area contributed by atoms with E-state index in [0.29, 0.717) is 51.8 Å². The highest BCUT2D eigenvalue weighted by molar-refractivity contribution is 6.10. The Hall–Kier alpha value is -2.82. The van der Waals surface area contributed by atoms with Gasteiger partial charge in [-0.05, 0) is 44.4 Å². The molecule has 0 bridgehead atoms.